The molecule has 0 saturated carbocycles. The van der Waals surface area contributed by atoms with Gasteiger partial charge in [0.1, 0.15) is 0 Å². The Bertz CT molecular complexity index is 1070. The summed E-state index contributed by atoms with van der Waals surface area (Å²) >= 11 is 0. The summed E-state index contributed by atoms with van der Waals surface area (Å²) in [6, 6.07) is 7.49. The van der Waals surface area contributed by atoms with Crippen LogP contribution in [-0.4, -0.2) is 60.1 Å². The fourth-order valence-electron chi connectivity index (χ4n) is 3.76. The van der Waals surface area contributed by atoms with Crippen LogP contribution in [0.2, 0.25) is 0 Å². The van der Waals surface area contributed by atoms with E-state index in [9.17, 15) is 9.59 Å². The quantitative estimate of drug-likeness (QED) is 0.446. The second-order valence-corrected chi connectivity index (χ2v) is 7.12. The first-order chi connectivity index (χ1) is 14.0. The van der Waals surface area contributed by atoms with Gasteiger partial charge in [-0.1, -0.05) is 18.7 Å². The number of hydrogen-bond donors (Lipinski definition) is 0. The first-order valence-electron chi connectivity index (χ1n) is 9.60. The van der Waals surface area contributed by atoms with Gasteiger partial charge in [-0.3, -0.25) is 19.1 Å². The highest BCUT2D eigenvalue weighted by Gasteiger charge is 2.25. The topological polar surface area (TPSA) is 81.2 Å². The van der Waals surface area contributed by atoms with Crippen LogP contribution >= 0.6 is 0 Å². The zero-order chi connectivity index (χ0) is 21.0. The van der Waals surface area contributed by atoms with Crippen LogP contribution in [0.5, 0.6) is 0 Å². The fourth-order valence-corrected chi connectivity index (χ4v) is 3.76. The minimum absolute atomic E-state index is 0.0388. The molecule has 1 aliphatic heterocycles. The highest BCUT2D eigenvalue weighted by Crippen LogP contribution is 2.24. The van der Waals surface area contributed by atoms with Crippen molar-refractivity contribution in [2.24, 2.45) is 17.0 Å². The smallest absolute Gasteiger partial charge is 0.317 e. The van der Waals surface area contributed by atoms with Gasteiger partial charge in [0.25, 0.3) is 0 Å². The number of aromatic nitrogens is 2. The summed E-state index contributed by atoms with van der Waals surface area (Å²) in [5.74, 6) is 0.627. The van der Waals surface area contributed by atoms with E-state index in [2.05, 4.69) is 21.5 Å². The average molecular weight is 397 g/mol. The maximum atomic E-state index is 12.8. The van der Waals surface area contributed by atoms with Crippen molar-refractivity contribution in [1.29, 1.82) is 0 Å². The Kier molecular flexibility index (Phi) is 6.43. The average Bonchev–Trinajstić information content (AvgIpc) is 2.74. The number of guanidine groups is 1. The summed E-state index contributed by atoms with van der Waals surface area (Å²) in [6.45, 7) is 5.69. The van der Waals surface area contributed by atoms with Gasteiger partial charge in [-0.05, 0) is 30.5 Å². The van der Waals surface area contributed by atoms with Gasteiger partial charge in [0.2, 0.25) is 5.96 Å². The van der Waals surface area contributed by atoms with Crippen LogP contribution in [0.3, 0.4) is 0 Å². The van der Waals surface area contributed by atoms with Crippen LogP contribution in [0.15, 0.2) is 56.0 Å². The van der Waals surface area contributed by atoms with Crippen LogP contribution in [0.1, 0.15) is 18.9 Å². The van der Waals surface area contributed by atoms with Crippen molar-refractivity contribution in [3.8, 4) is 0 Å². The molecule has 0 atom stereocenters. The number of methoxy groups -OCH3 is 1. The van der Waals surface area contributed by atoms with E-state index in [-0.39, 0.29) is 6.04 Å². The molecule has 0 spiro atoms. The van der Waals surface area contributed by atoms with Gasteiger partial charge in [-0.15, -0.1) is 0 Å². The number of ether oxygens (including phenoxy) is 1. The second kappa shape index (κ2) is 9.00. The lowest BCUT2D eigenvalue weighted by molar-refractivity contribution is 0.230. The lowest BCUT2D eigenvalue weighted by Gasteiger charge is -2.34. The van der Waals surface area contributed by atoms with Crippen molar-refractivity contribution >= 4 is 23.2 Å². The maximum Gasteiger partial charge on any atom is 0.317 e. The van der Waals surface area contributed by atoms with E-state index in [0.29, 0.717) is 25.7 Å². The van der Waals surface area contributed by atoms with E-state index in [0.717, 1.165) is 29.4 Å². The number of para-hydroxylation sites is 2. The Morgan fingerprint density at radius 1 is 1.21 bits per heavy atom. The molecule has 2 heterocycles. The molecule has 0 amide bonds. The van der Waals surface area contributed by atoms with Gasteiger partial charge in [0.05, 0.1) is 17.6 Å². The van der Waals surface area contributed by atoms with E-state index >= 15 is 0 Å². The first kappa shape index (κ1) is 20.7. The summed E-state index contributed by atoms with van der Waals surface area (Å²) in [5.41, 5.74) is 1.35. The minimum Gasteiger partial charge on any atom is -0.380 e. The molecule has 1 aromatic heterocycles. The van der Waals surface area contributed by atoms with Crippen molar-refractivity contribution in [2.45, 2.75) is 18.9 Å². The van der Waals surface area contributed by atoms with E-state index in [1.165, 1.54) is 4.57 Å². The number of fused-ring (bicyclic) bond motifs is 1. The van der Waals surface area contributed by atoms with Crippen LogP contribution in [-0.2, 0) is 11.8 Å². The highest BCUT2D eigenvalue weighted by molar-refractivity contribution is 5.93. The number of hydrogen-bond acceptors (Lipinski definition) is 4. The number of aryl methyl sites for hydroxylation is 1. The normalized spacial score (nSPS) is 16.1. The van der Waals surface area contributed by atoms with Gasteiger partial charge < -0.3 is 14.2 Å². The molecule has 8 nitrogen and oxygen atoms in total. The van der Waals surface area contributed by atoms with Crippen molar-refractivity contribution in [2.75, 3.05) is 33.9 Å². The highest BCUT2D eigenvalue weighted by atomic mass is 16.5. The van der Waals surface area contributed by atoms with Crippen LogP contribution in [0, 0.1) is 0 Å². The molecule has 1 aromatic carbocycles. The lowest BCUT2D eigenvalue weighted by atomic mass is 10.0. The number of rotatable bonds is 4. The SMILES string of the molecule is C=C(/C=N\C(=N/C)N1CCC(n2c(=O)c(=O)n(C)c3ccccc32)CC1)COC. The number of nitrogens with zero attached hydrogens (tertiary/aromatic N) is 5. The Labute approximate surface area is 169 Å². The number of benzene rings is 1. The molecular weight excluding hydrogens is 370 g/mol. The molecule has 8 heteroatoms. The largest absolute Gasteiger partial charge is 0.380 e. The summed E-state index contributed by atoms with van der Waals surface area (Å²) < 4.78 is 8.13. The van der Waals surface area contributed by atoms with E-state index in [4.69, 9.17) is 4.74 Å². The molecule has 1 fully saturated rings. The molecule has 0 radical (unpaired) electrons. The fraction of sp³-hybridized carbons (Fsp3) is 0.429. The minimum atomic E-state index is -0.497. The predicted molar refractivity (Wildman–Crippen MR) is 116 cm³/mol. The van der Waals surface area contributed by atoms with Gasteiger partial charge in [-0.25, -0.2) is 4.99 Å². The van der Waals surface area contributed by atoms with Crippen molar-refractivity contribution in [3.63, 3.8) is 0 Å². The van der Waals surface area contributed by atoms with Crippen molar-refractivity contribution in [1.82, 2.24) is 14.0 Å². The summed E-state index contributed by atoms with van der Waals surface area (Å²) in [6.07, 6.45) is 3.12. The van der Waals surface area contributed by atoms with Gasteiger partial charge in [0.15, 0.2) is 0 Å². The summed E-state index contributed by atoms with van der Waals surface area (Å²) in [7, 11) is 4.95. The third kappa shape index (κ3) is 4.22. The summed E-state index contributed by atoms with van der Waals surface area (Å²) in [5, 5.41) is 0. The van der Waals surface area contributed by atoms with Crippen molar-refractivity contribution < 1.29 is 4.74 Å². The zero-order valence-corrected chi connectivity index (χ0v) is 17.2. The van der Waals surface area contributed by atoms with Crippen LogP contribution in [0.25, 0.3) is 11.0 Å². The molecule has 1 aliphatic rings. The Morgan fingerprint density at radius 3 is 2.48 bits per heavy atom. The molecule has 0 bridgehead atoms. The second-order valence-electron chi connectivity index (χ2n) is 7.12. The third-order valence-corrected chi connectivity index (χ3v) is 5.21. The van der Waals surface area contributed by atoms with Crippen LogP contribution in [0.4, 0.5) is 0 Å². The van der Waals surface area contributed by atoms with E-state index < -0.39 is 11.1 Å². The molecule has 2 aromatic rings. The summed E-state index contributed by atoms with van der Waals surface area (Å²) in [4.78, 5) is 36.0. The molecule has 154 valence electrons. The van der Waals surface area contributed by atoms with Gasteiger partial charge >= 0.3 is 11.1 Å². The van der Waals surface area contributed by atoms with E-state index in [1.54, 1.807) is 32.0 Å². The molecule has 29 heavy (non-hydrogen) atoms. The first-order valence-corrected chi connectivity index (χ1v) is 9.60. The molecule has 0 aliphatic carbocycles. The Hall–Kier alpha value is -3.00. The van der Waals surface area contributed by atoms with Crippen LogP contribution < -0.4 is 11.1 Å². The predicted octanol–water partition coefficient (Wildman–Crippen LogP) is 1.60. The Balaban J connectivity index is 1.82. The standard InChI is InChI=1S/C21H27N5O3/c1-15(14-29-4)13-23-21(22-2)25-11-9-16(10-12-25)26-18-8-6-5-7-17(18)24(3)19(27)20(26)28/h5-8,13,16H,1,9-12,14H2,2-4H3/b22-21+,23-13-. The van der Waals surface area contributed by atoms with Gasteiger partial charge in [0, 0.05) is 46.6 Å². The third-order valence-electron chi connectivity index (χ3n) is 5.21. The maximum absolute atomic E-state index is 12.8. The molecule has 0 N–H and O–H groups in total. The number of piperidine rings is 1. The monoisotopic (exact) mass is 397 g/mol. The lowest BCUT2D eigenvalue weighted by Crippen LogP contribution is -2.45. The van der Waals surface area contributed by atoms with Gasteiger partial charge in [-0.2, -0.15) is 0 Å². The Morgan fingerprint density at radius 2 is 1.86 bits per heavy atom. The molecular formula is C21H27N5O3. The molecule has 1 saturated heterocycles. The number of likely N-dealkylation sites (tertiary alicyclic amines) is 1. The number of aliphatic imine (C=N–C) groups is 2. The zero-order valence-electron chi connectivity index (χ0n) is 17.2. The molecule has 3 rings (SSSR count). The van der Waals surface area contributed by atoms with Crippen molar-refractivity contribution in [3.05, 3.63) is 57.1 Å². The van der Waals surface area contributed by atoms with E-state index in [1.807, 2.05) is 24.3 Å². The molecule has 0 unspecified atom stereocenters.